The first kappa shape index (κ1) is 22.1. The number of hydrogen-bond donors (Lipinski definition) is 2. The summed E-state index contributed by atoms with van der Waals surface area (Å²) in [4.78, 5) is 16.7. The van der Waals surface area contributed by atoms with Crippen molar-refractivity contribution >= 4 is 0 Å². The van der Waals surface area contributed by atoms with Crippen molar-refractivity contribution in [2.45, 2.75) is 38.3 Å². The maximum Gasteiger partial charge on any atom is 0.258 e. The van der Waals surface area contributed by atoms with Crippen molar-refractivity contribution in [2.75, 3.05) is 33.7 Å². The van der Waals surface area contributed by atoms with Crippen LogP contribution in [0.5, 0.6) is 0 Å². The molecule has 4 nitrogen and oxygen atoms in total. The number of fused-ring (bicyclic) bond motifs is 4. The number of aromatic nitrogens is 1. The molecule has 3 aromatic rings. The summed E-state index contributed by atoms with van der Waals surface area (Å²) >= 11 is 0. The zero-order chi connectivity index (χ0) is 22.8. The highest BCUT2D eigenvalue weighted by molar-refractivity contribution is 5.66. The average molecular weight is 444 g/mol. The van der Waals surface area contributed by atoms with Crippen LogP contribution in [-0.4, -0.2) is 38.3 Å². The molecule has 1 saturated heterocycles. The van der Waals surface area contributed by atoms with Gasteiger partial charge in [0, 0.05) is 41.6 Å². The quantitative estimate of drug-likeness (QED) is 0.573. The lowest BCUT2D eigenvalue weighted by Gasteiger charge is -2.40. The van der Waals surface area contributed by atoms with E-state index in [0.29, 0.717) is 11.8 Å². The molecule has 3 atom stereocenters. The Morgan fingerprint density at radius 1 is 0.939 bits per heavy atom. The van der Waals surface area contributed by atoms with Crippen molar-refractivity contribution in [3.8, 4) is 11.1 Å². The molecule has 1 aromatic heterocycles. The Balaban J connectivity index is 1.33. The Labute approximate surface area is 197 Å². The number of rotatable bonds is 7. The van der Waals surface area contributed by atoms with E-state index in [4.69, 9.17) is 0 Å². The third kappa shape index (κ3) is 4.83. The summed E-state index contributed by atoms with van der Waals surface area (Å²) in [6, 6.07) is 23.6. The van der Waals surface area contributed by atoms with E-state index in [-0.39, 0.29) is 5.56 Å². The Morgan fingerprint density at radius 3 is 2.55 bits per heavy atom. The molecule has 2 N–H and O–H groups in total. The van der Waals surface area contributed by atoms with Gasteiger partial charge in [-0.15, -0.1) is 0 Å². The van der Waals surface area contributed by atoms with E-state index in [1.165, 1.54) is 47.7 Å². The summed E-state index contributed by atoms with van der Waals surface area (Å²) in [7, 11) is 4.32. The number of nitrogens with zero attached hydrogens (tertiary/aromatic N) is 1. The minimum absolute atomic E-state index is 0.205. The molecule has 0 radical (unpaired) electrons. The van der Waals surface area contributed by atoms with E-state index in [1.54, 1.807) is 4.90 Å². The fraction of sp³-hybridized carbons (Fsp3) is 0.414. The second-order valence-electron chi connectivity index (χ2n) is 10.4. The van der Waals surface area contributed by atoms with Crippen LogP contribution in [-0.2, 0) is 19.5 Å². The monoisotopic (exact) mass is 443 g/mol. The van der Waals surface area contributed by atoms with E-state index in [1.807, 2.05) is 0 Å². The van der Waals surface area contributed by atoms with E-state index in [0.717, 1.165) is 37.2 Å². The van der Waals surface area contributed by atoms with Crippen LogP contribution < -0.4 is 15.4 Å². The fourth-order valence-corrected chi connectivity index (χ4v) is 6.08. The molecule has 2 aromatic carbocycles. The van der Waals surface area contributed by atoms with Crippen LogP contribution >= 0.6 is 0 Å². The SMILES string of the molecule is C[NH+](C)Cc1ccccc1-c1ccc2n(c1=O)C[C@H]1C[C@@H]2C[NH+](CCCc2ccccc2)C1. The van der Waals surface area contributed by atoms with Gasteiger partial charge in [-0.05, 0) is 36.1 Å². The lowest BCUT2D eigenvalue weighted by Crippen LogP contribution is -3.14. The Bertz CT molecular complexity index is 1150. The molecular formula is C29H37N3O+2. The molecule has 2 aliphatic rings. The maximum absolute atomic E-state index is 13.6. The van der Waals surface area contributed by atoms with Gasteiger partial charge in [0.2, 0.25) is 0 Å². The molecular weight excluding hydrogens is 406 g/mol. The Hall–Kier alpha value is -2.69. The summed E-state index contributed by atoms with van der Waals surface area (Å²) in [5.74, 6) is 1.12. The third-order valence-corrected chi connectivity index (χ3v) is 7.49. The molecule has 0 saturated carbocycles. The summed E-state index contributed by atoms with van der Waals surface area (Å²) < 4.78 is 2.12. The van der Waals surface area contributed by atoms with Gasteiger partial charge in [0.1, 0.15) is 6.54 Å². The van der Waals surface area contributed by atoms with Crippen molar-refractivity contribution in [1.29, 1.82) is 0 Å². The second kappa shape index (κ2) is 9.66. The van der Waals surface area contributed by atoms with Gasteiger partial charge in [-0.2, -0.15) is 0 Å². The summed E-state index contributed by atoms with van der Waals surface area (Å²) in [5, 5.41) is 0. The standard InChI is InChI=1S/C29H35N3O/c1-30(2)20-24-12-6-7-13-26(24)27-14-15-28-25-17-23(19-32(28)29(27)33)18-31(21-25)16-8-11-22-9-4-3-5-10-22/h3-7,9-10,12-15,23,25H,8,11,16-21H2,1-2H3/p+2/t23-,25+/m0/s1. The van der Waals surface area contributed by atoms with E-state index in [2.05, 4.69) is 85.4 Å². The Morgan fingerprint density at radius 2 is 1.73 bits per heavy atom. The molecule has 5 rings (SSSR count). The molecule has 2 aliphatic heterocycles. The van der Waals surface area contributed by atoms with Crippen LogP contribution in [0.1, 0.15) is 35.6 Å². The first-order valence-corrected chi connectivity index (χ1v) is 12.6. The molecule has 0 aliphatic carbocycles. The molecule has 172 valence electrons. The fourth-order valence-electron chi connectivity index (χ4n) is 6.08. The Kier molecular flexibility index (Phi) is 6.48. The average Bonchev–Trinajstić information content (AvgIpc) is 2.81. The van der Waals surface area contributed by atoms with Gasteiger partial charge in [-0.1, -0.05) is 54.6 Å². The smallest absolute Gasteiger partial charge is 0.258 e. The highest BCUT2D eigenvalue weighted by Crippen LogP contribution is 2.32. The van der Waals surface area contributed by atoms with Crippen molar-refractivity contribution < 1.29 is 9.80 Å². The van der Waals surface area contributed by atoms with Crippen LogP contribution in [0.25, 0.3) is 11.1 Å². The third-order valence-electron chi connectivity index (χ3n) is 7.49. The number of hydrogen-bond acceptors (Lipinski definition) is 1. The molecule has 33 heavy (non-hydrogen) atoms. The minimum Gasteiger partial charge on any atom is -0.336 e. The van der Waals surface area contributed by atoms with E-state index < -0.39 is 0 Å². The first-order chi connectivity index (χ1) is 16.1. The van der Waals surface area contributed by atoms with Crippen molar-refractivity contribution in [3.63, 3.8) is 0 Å². The zero-order valence-electron chi connectivity index (χ0n) is 20.0. The minimum atomic E-state index is 0.205. The number of quaternary nitrogens is 2. The molecule has 1 fully saturated rings. The lowest BCUT2D eigenvalue weighted by atomic mass is 9.82. The normalized spacial score (nSPS) is 21.7. The number of piperidine rings is 1. The van der Waals surface area contributed by atoms with Crippen LogP contribution in [0.15, 0.2) is 71.5 Å². The van der Waals surface area contributed by atoms with Gasteiger partial charge in [-0.25, -0.2) is 0 Å². The number of aryl methyl sites for hydroxylation is 1. The predicted octanol–water partition coefficient (Wildman–Crippen LogP) is 1.79. The van der Waals surface area contributed by atoms with Crippen LogP contribution in [0.3, 0.4) is 0 Å². The number of likely N-dealkylation sites (tertiary alicyclic amines) is 1. The van der Waals surface area contributed by atoms with E-state index >= 15 is 0 Å². The van der Waals surface area contributed by atoms with E-state index in [9.17, 15) is 4.79 Å². The number of pyridine rings is 1. The van der Waals surface area contributed by atoms with Gasteiger partial charge in [0.25, 0.3) is 5.56 Å². The van der Waals surface area contributed by atoms with Gasteiger partial charge in [-0.3, -0.25) is 4.79 Å². The van der Waals surface area contributed by atoms with Crippen LogP contribution in [0.4, 0.5) is 0 Å². The number of benzene rings is 2. The zero-order valence-corrected chi connectivity index (χ0v) is 20.0. The summed E-state index contributed by atoms with van der Waals surface area (Å²) in [6.07, 6.45) is 3.63. The molecule has 2 bridgehead atoms. The van der Waals surface area contributed by atoms with Crippen molar-refractivity contribution in [1.82, 2.24) is 4.57 Å². The first-order valence-electron chi connectivity index (χ1n) is 12.6. The van der Waals surface area contributed by atoms with Crippen molar-refractivity contribution in [3.05, 3.63) is 93.9 Å². The summed E-state index contributed by atoms with van der Waals surface area (Å²) in [6.45, 7) is 5.38. The molecule has 0 spiro atoms. The number of nitrogens with one attached hydrogen (secondary N) is 2. The molecule has 0 amide bonds. The van der Waals surface area contributed by atoms with Gasteiger partial charge < -0.3 is 14.4 Å². The lowest BCUT2D eigenvalue weighted by molar-refractivity contribution is -0.911. The van der Waals surface area contributed by atoms with Crippen molar-refractivity contribution in [2.24, 2.45) is 5.92 Å². The predicted molar refractivity (Wildman–Crippen MR) is 134 cm³/mol. The molecule has 4 heteroatoms. The largest absolute Gasteiger partial charge is 0.336 e. The molecule has 1 unspecified atom stereocenters. The summed E-state index contributed by atoms with van der Waals surface area (Å²) in [5.41, 5.74) is 6.12. The van der Waals surface area contributed by atoms with Gasteiger partial charge >= 0.3 is 0 Å². The van der Waals surface area contributed by atoms with Crippen LogP contribution in [0.2, 0.25) is 0 Å². The highest BCUT2D eigenvalue weighted by atomic mass is 16.1. The maximum atomic E-state index is 13.6. The molecule has 3 heterocycles. The second-order valence-corrected chi connectivity index (χ2v) is 10.4. The highest BCUT2D eigenvalue weighted by Gasteiger charge is 2.37. The van der Waals surface area contributed by atoms with Crippen LogP contribution in [0, 0.1) is 5.92 Å². The van der Waals surface area contributed by atoms with Gasteiger partial charge in [0.15, 0.2) is 0 Å². The topological polar surface area (TPSA) is 30.9 Å². The van der Waals surface area contributed by atoms with Gasteiger partial charge in [0.05, 0.1) is 33.7 Å².